The van der Waals surface area contributed by atoms with Gasteiger partial charge < -0.3 is 36.0 Å². The molecule has 2 aromatic carbocycles. The Morgan fingerprint density at radius 2 is 2.02 bits per heavy atom. The molecular formula is C28H33ClFN7O3. The number of rotatable bonds is 10. The van der Waals surface area contributed by atoms with Crippen LogP contribution in [0.1, 0.15) is 25.8 Å². The third-order valence-electron chi connectivity index (χ3n) is 6.58. The summed E-state index contributed by atoms with van der Waals surface area (Å²) >= 11 is 6.01. The van der Waals surface area contributed by atoms with E-state index in [0.717, 1.165) is 25.2 Å². The molecule has 1 aromatic heterocycles. The van der Waals surface area contributed by atoms with Crippen LogP contribution in [0.3, 0.4) is 0 Å². The standard InChI is InChI=1S/C28H33ClFN7O3/c1-6-26(38)34-21-13-22(24(40-5)14-23(21)37-10-8-16(15-37)31-4)35-27-32-9-7-25(36-27)33-20-12-18(29)19(30)11-17(20)28(2,3)39/h6-7,9,11-14,16,31,39H,1,8,10,15H2,2-5H3,(H,34,38)(H2,32,33,35,36). The molecule has 1 aliphatic heterocycles. The fourth-order valence-electron chi connectivity index (χ4n) is 4.50. The van der Waals surface area contributed by atoms with Crippen LogP contribution in [0.5, 0.6) is 5.75 Å². The van der Waals surface area contributed by atoms with Gasteiger partial charge in [0.15, 0.2) is 0 Å². The second-order valence-corrected chi connectivity index (χ2v) is 10.3. The Labute approximate surface area is 237 Å². The van der Waals surface area contributed by atoms with E-state index in [-0.39, 0.29) is 16.9 Å². The first kappa shape index (κ1) is 29.1. The van der Waals surface area contributed by atoms with Gasteiger partial charge in [-0.3, -0.25) is 4.79 Å². The molecule has 3 aromatic rings. The van der Waals surface area contributed by atoms with Crippen LogP contribution in [0.15, 0.2) is 49.2 Å². The first-order chi connectivity index (χ1) is 19.0. The summed E-state index contributed by atoms with van der Waals surface area (Å²) in [5.41, 5.74) is 1.28. The molecule has 1 fully saturated rings. The number of benzene rings is 2. The highest BCUT2D eigenvalue weighted by Gasteiger charge is 2.26. The summed E-state index contributed by atoms with van der Waals surface area (Å²) in [5.74, 6) is 0.142. The van der Waals surface area contributed by atoms with E-state index in [9.17, 15) is 14.3 Å². The van der Waals surface area contributed by atoms with Crippen molar-refractivity contribution < 1.29 is 19.0 Å². The number of ether oxygens (including phenoxy) is 1. The van der Waals surface area contributed by atoms with Gasteiger partial charge in [-0.05, 0) is 57.7 Å². The van der Waals surface area contributed by atoms with Gasteiger partial charge in [0, 0.05) is 42.6 Å². The van der Waals surface area contributed by atoms with Crippen LogP contribution < -0.4 is 30.9 Å². The zero-order valence-electron chi connectivity index (χ0n) is 22.8. The zero-order chi connectivity index (χ0) is 29.0. The number of nitrogens with zero attached hydrogens (tertiary/aromatic N) is 3. The van der Waals surface area contributed by atoms with Gasteiger partial charge >= 0.3 is 0 Å². The second-order valence-electron chi connectivity index (χ2n) is 9.87. The third kappa shape index (κ3) is 6.61. The number of hydrogen-bond acceptors (Lipinski definition) is 9. The Kier molecular flexibility index (Phi) is 8.77. The molecule has 0 radical (unpaired) electrons. The maximum atomic E-state index is 14.1. The lowest BCUT2D eigenvalue weighted by Gasteiger charge is -2.24. The first-order valence-electron chi connectivity index (χ1n) is 12.7. The molecule has 1 saturated heterocycles. The number of aromatic nitrogens is 2. The molecule has 1 atom stereocenters. The smallest absolute Gasteiger partial charge is 0.247 e. The summed E-state index contributed by atoms with van der Waals surface area (Å²) in [6.07, 6.45) is 3.72. The minimum absolute atomic E-state index is 0.0964. The molecule has 1 aliphatic rings. The summed E-state index contributed by atoms with van der Waals surface area (Å²) in [7, 11) is 3.49. The summed E-state index contributed by atoms with van der Waals surface area (Å²) in [6.45, 7) is 8.25. The van der Waals surface area contributed by atoms with Gasteiger partial charge in [-0.2, -0.15) is 4.98 Å². The summed E-state index contributed by atoms with van der Waals surface area (Å²) in [6, 6.07) is 8.17. The van der Waals surface area contributed by atoms with Gasteiger partial charge in [0.25, 0.3) is 0 Å². The van der Waals surface area contributed by atoms with E-state index in [2.05, 4.69) is 42.7 Å². The SMILES string of the molecule is C=CC(=O)Nc1cc(Nc2nccc(Nc3cc(Cl)c(F)cc3C(C)(C)O)n2)c(OC)cc1N1CCC(NC)C1. The van der Waals surface area contributed by atoms with Crippen LogP contribution in [0.4, 0.5) is 38.9 Å². The lowest BCUT2D eigenvalue weighted by Crippen LogP contribution is -2.30. The molecule has 2 heterocycles. The third-order valence-corrected chi connectivity index (χ3v) is 6.87. The molecule has 212 valence electrons. The van der Waals surface area contributed by atoms with Crippen molar-refractivity contribution in [3.8, 4) is 5.75 Å². The van der Waals surface area contributed by atoms with Crippen molar-refractivity contribution in [1.29, 1.82) is 0 Å². The van der Waals surface area contributed by atoms with Crippen LogP contribution in [0, 0.1) is 5.82 Å². The van der Waals surface area contributed by atoms with Crippen molar-refractivity contribution in [2.75, 3.05) is 48.1 Å². The summed E-state index contributed by atoms with van der Waals surface area (Å²) < 4.78 is 19.8. The van der Waals surface area contributed by atoms with Crippen LogP contribution >= 0.6 is 11.6 Å². The monoisotopic (exact) mass is 569 g/mol. The van der Waals surface area contributed by atoms with E-state index in [1.807, 2.05) is 13.1 Å². The topological polar surface area (TPSA) is 124 Å². The van der Waals surface area contributed by atoms with E-state index >= 15 is 0 Å². The summed E-state index contributed by atoms with van der Waals surface area (Å²) in [4.78, 5) is 23.3. The van der Waals surface area contributed by atoms with Crippen molar-refractivity contribution in [3.63, 3.8) is 0 Å². The highest BCUT2D eigenvalue weighted by Crippen LogP contribution is 2.40. The molecule has 12 heteroatoms. The molecule has 5 N–H and O–H groups in total. The van der Waals surface area contributed by atoms with Gasteiger partial charge in [-0.25, -0.2) is 9.37 Å². The lowest BCUT2D eigenvalue weighted by molar-refractivity contribution is -0.111. The lowest BCUT2D eigenvalue weighted by atomic mass is 9.96. The fraction of sp³-hybridized carbons (Fsp3) is 0.321. The predicted molar refractivity (Wildman–Crippen MR) is 157 cm³/mol. The number of nitrogens with one attached hydrogen (secondary N) is 4. The Morgan fingerprint density at radius 1 is 1.25 bits per heavy atom. The summed E-state index contributed by atoms with van der Waals surface area (Å²) in [5, 5.41) is 22.9. The molecule has 1 unspecified atom stereocenters. The van der Waals surface area contributed by atoms with Crippen molar-refractivity contribution in [3.05, 3.63) is 65.6 Å². The Hall–Kier alpha value is -3.93. The maximum Gasteiger partial charge on any atom is 0.247 e. The van der Waals surface area contributed by atoms with Crippen molar-refractivity contribution >= 4 is 52.0 Å². The molecule has 0 saturated carbocycles. The molecule has 0 spiro atoms. The molecule has 10 nitrogen and oxygen atoms in total. The molecule has 4 rings (SSSR count). The Morgan fingerprint density at radius 3 is 2.67 bits per heavy atom. The highest BCUT2D eigenvalue weighted by molar-refractivity contribution is 6.31. The van der Waals surface area contributed by atoms with Crippen molar-refractivity contribution in [2.45, 2.75) is 31.9 Å². The average Bonchev–Trinajstić information content (AvgIpc) is 3.39. The molecule has 0 aliphatic carbocycles. The number of carbonyl (C=O) groups is 1. The highest BCUT2D eigenvalue weighted by atomic mass is 35.5. The maximum absolute atomic E-state index is 14.1. The molecule has 40 heavy (non-hydrogen) atoms. The zero-order valence-corrected chi connectivity index (χ0v) is 23.6. The van der Waals surface area contributed by atoms with Crippen LogP contribution in [0.25, 0.3) is 0 Å². The van der Waals surface area contributed by atoms with Crippen LogP contribution in [-0.2, 0) is 10.4 Å². The van der Waals surface area contributed by atoms with Crippen LogP contribution in [0.2, 0.25) is 5.02 Å². The number of hydrogen-bond donors (Lipinski definition) is 5. The minimum Gasteiger partial charge on any atom is -0.494 e. The largest absolute Gasteiger partial charge is 0.494 e. The number of carbonyl (C=O) groups excluding carboxylic acids is 1. The van der Waals surface area contributed by atoms with E-state index < -0.39 is 11.4 Å². The van der Waals surface area contributed by atoms with Crippen molar-refractivity contribution in [2.24, 2.45) is 0 Å². The van der Waals surface area contributed by atoms with Gasteiger partial charge in [0.05, 0.1) is 34.8 Å². The number of methoxy groups -OCH3 is 1. The van der Waals surface area contributed by atoms with E-state index in [4.69, 9.17) is 16.3 Å². The second kappa shape index (κ2) is 12.1. The Bertz CT molecular complexity index is 1410. The van der Waals surface area contributed by atoms with Gasteiger partial charge in [0.2, 0.25) is 11.9 Å². The molecule has 1 amide bonds. The van der Waals surface area contributed by atoms with Crippen LogP contribution in [-0.4, -0.2) is 54.3 Å². The van der Waals surface area contributed by atoms with E-state index in [0.29, 0.717) is 40.2 Å². The minimum atomic E-state index is -1.34. The number of anilines is 6. The first-order valence-corrected chi connectivity index (χ1v) is 13.1. The van der Waals surface area contributed by atoms with E-state index in [1.54, 1.807) is 33.1 Å². The number of halogens is 2. The fourth-order valence-corrected chi connectivity index (χ4v) is 4.66. The number of amides is 1. The molecule has 0 bridgehead atoms. The average molecular weight is 570 g/mol. The van der Waals surface area contributed by atoms with Gasteiger partial charge in [0.1, 0.15) is 17.4 Å². The number of aliphatic hydroxyl groups is 1. The quantitative estimate of drug-likeness (QED) is 0.217. The van der Waals surface area contributed by atoms with Crippen molar-refractivity contribution in [1.82, 2.24) is 15.3 Å². The normalized spacial score (nSPS) is 15.1. The van der Waals surface area contributed by atoms with Gasteiger partial charge in [-0.1, -0.05) is 18.2 Å². The Balaban J connectivity index is 1.66. The van der Waals surface area contributed by atoms with Gasteiger partial charge in [-0.15, -0.1) is 0 Å². The van der Waals surface area contributed by atoms with E-state index in [1.165, 1.54) is 24.4 Å². The molecular weight excluding hydrogens is 537 g/mol. The predicted octanol–water partition coefficient (Wildman–Crippen LogP) is 4.91. The number of likely N-dealkylation sites (N-methyl/N-ethyl adjacent to an activating group) is 1.